The predicted octanol–water partition coefficient (Wildman–Crippen LogP) is 3.17. The Labute approximate surface area is 109 Å². The molecule has 0 bridgehead atoms. The number of rotatable bonds is 4. The lowest BCUT2D eigenvalue weighted by molar-refractivity contribution is 0.000685. The molecule has 1 aromatic rings. The van der Waals surface area contributed by atoms with Gasteiger partial charge in [0.05, 0.1) is 0 Å². The van der Waals surface area contributed by atoms with Gasteiger partial charge in [-0.1, -0.05) is 32.6 Å². The molecule has 0 aliphatic heterocycles. The molecule has 1 atom stereocenters. The molecule has 102 valence electrons. The van der Waals surface area contributed by atoms with Crippen LogP contribution >= 0.6 is 0 Å². The Bertz CT molecular complexity index is 364. The monoisotopic (exact) mass is 251 g/mol. The first kappa shape index (κ1) is 13.6. The Morgan fingerprint density at radius 1 is 1.28 bits per heavy atom. The van der Waals surface area contributed by atoms with Crippen LogP contribution in [0.1, 0.15) is 63.1 Å². The second-order valence-corrected chi connectivity index (χ2v) is 5.54. The number of aliphatic hydroxyl groups is 1. The lowest BCUT2D eigenvalue weighted by atomic mass is 9.74. The Morgan fingerprint density at radius 2 is 1.94 bits per heavy atom. The van der Waals surface area contributed by atoms with Crippen molar-refractivity contribution in [2.45, 2.75) is 58.0 Å². The summed E-state index contributed by atoms with van der Waals surface area (Å²) in [6, 6.07) is 3.87. The molecule has 2 rings (SSSR count). The van der Waals surface area contributed by atoms with Crippen LogP contribution in [0.5, 0.6) is 0 Å². The van der Waals surface area contributed by atoms with Crippen molar-refractivity contribution in [1.82, 2.24) is 0 Å². The van der Waals surface area contributed by atoms with E-state index in [1.807, 2.05) is 12.1 Å². The average molecular weight is 251 g/mol. The van der Waals surface area contributed by atoms with Crippen LogP contribution in [0.4, 0.5) is 0 Å². The van der Waals surface area contributed by atoms with Crippen LogP contribution in [-0.4, -0.2) is 11.7 Å². The highest BCUT2D eigenvalue weighted by Gasteiger charge is 2.39. The average Bonchev–Trinajstić information content (AvgIpc) is 2.75. The highest BCUT2D eigenvalue weighted by molar-refractivity contribution is 5.12. The van der Waals surface area contributed by atoms with Crippen LogP contribution in [0.15, 0.2) is 16.5 Å². The standard InChI is InChI=1S/C15H25NO2/c1-2-12-7-8-13(18-12)14(17)15(11-16)9-5-3-4-6-10-15/h7-8,14,17H,2-6,9-11,16H2,1H3. The van der Waals surface area contributed by atoms with E-state index in [4.69, 9.17) is 10.2 Å². The Kier molecular flexibility index (Phi) is 4.46. The van der Waals surface area contributed by atoms with Gasteiger partial charge in [0.25, 0.3) is 0 Å². The number of aryl methyl sites for hydroxylation is 1. The molecule has 0 saturated heterocycles. The molecule has 1 aliphatic rings. The van der Waals surface area contributed by atoms with Gasteiger partial charge in [-0.05, 0) is 25.0 Å². The van der Waals surface area contributed by atoms with Gasteiger partial charge in [-0.15, -0.1) is 0 Å². The first-order valence-corrected chi connectivity index (χ1v) is 7.18. The van der Waals surface area contributed by atoms with Crippen molar-refractivity contribution in [1.29, 1.82) is 0 Å². The van der Waals surface area contributed by atoms with Gasteiger partial charge in [-0.25, -0.2) is 0 Å². The molecule has 3 N–H and O–H groups in total. The van der Waals surface area contributed by atoms with Crippen LogP contribution in [-0.2, 0) is 6.42 Å². The van der Waals surface area contributed by atoms with Crippen molar-refractivity contribution in [2.75, 3.05) is 6.54 Å². The molecule has 0 amide bonds. The summed E-state index contributed by atoms with van der Waals surface area (Å²) in [5.74, 6) is 1.63. The second kappa shape index (κ2) is 5.89. The fourth-order valence-corrected chi connectivity index (χ4v) is 3.06. The van der Waals surface area contributed by atoms with E-state index in [0.29, 0.717) is 12.3 Å². The van der Waals surface area contributed by atoms with Gasteiger partial charge in [0.15, 0.2) is 0 Å². The van der Waals surface area contributed by atoms with Crippen LogP contribution in [0.3, 0.4) is 0 Å². The first-order valence-electron chi connectivity index (χ1n) is 7.18. The van der Waals surface area contributed by atoms with E-state index in [9.17, 15) is 5.11 Å². The number of hydrogen-bond donors (Lipinski definition) is 2. The van der Waals surface area contributed by atoms with Crippen LogP contribution in [0.2, 0.25) is 0 Å². The van der Waals surface area contributed by atoms with E-state index in [1.54, 1.807) is 0 Å². The summed E-state index contributed by atoms with van der Waals surface area (Å²) in [5.41, 5.74) is 5.80. The topological polar surface area (TPSA) is 59.4 Å². The molecule has 1 heterocycles. The van der Waals surface area contributed by atoms with Gasteiger partial charge in [-0.2, -0.15) is 0 Å². The summed E-state index contributed by atoms with van der Waals surface area (Å²) in [6.07, 6.45) is 7.16. The van der Waals surface area contributed by atoms with E-state index >= 15 is 0 Å². The molecule has 0 radical (unpaired) electrons. The largest absolute Gasteiger partial charge is 0.463 e. The van der Waals surface area contributed by atoms with Crippen molar-refractivity contribution >= 4 is 0 Å². The Hall–Kier alpha value is -0.800. The quantitative estimate of drug-likeness (QED) is 0.808. The van der Waals surface area contributed by atoms with E-state index in [-0.39, 0.29) is 5.41 Å². The molecule has 1 fully saturated rings. The molecular formula is C15H25NO2. The molecule has 1 aromatic heterocycles. The zero-order chi connectivity index (χ0) is 13.0. The summed E-state index contributed by atoms with van der Waals surface area (Å²) in [7, 11) is 0. The molecule has 1 unspecified atom stereocenters. The molecule has 3 nitrogen and oxygen atoms in total. The van der Waals surface area contributed by atoms with E-state index in [1.165, 1.54) is 12.8 Å². The van der Waals surface area contributed by atoms with E-state index in [0.717, 1.165) is 37.9 Å². The number of nitrogens with two attached hydrogens (primary N) is 1. The van der Waals surface area contributed by atoms with Gasteiger partial charge in [0, 0.05) is 18.4 Å². The number of furan rings is 1. The first-order chi connectivity index (χ1) is 8.72. The predicted molar refractivity (Wildman–Crippen MR) is 72.2 cm³/mol. The molecule has 0 spiro atoms. The third-order valence-electron chi connectivity index (χ3n) is 4.39. The Balaban J connectivity index is 2.19. The fraction of sp³-hybridized carbons (Fsp3) is 0.733. The molecular weight excluding hydrogens is 226 g/mol. The SMILES string of the molecule is CCc1ccc(C(O)C2(CN)CCCCCC2)o1. The maximum Gasteiger partial charge on any atom is 0.133 e. The maximum absolute atomic E-state index is 10.7. The van der Waals surface area contributed by atoms with Gasteiger partial charge < -0.3 is 15.3 Å². The maximum atomic E-state index is 10.7. The molecule has 1 saturated carbocycles. The summed E-state index contributed by atoms with van der Waals surface area (Å²) in [4.78, 5) is 0. The summed E-state index contributed by atoms with van der Waals surface area (Å²) >= 11 is 0. The van der Waals surface area contributed by atoms with Crippen molar-refractivity contribution in [3.05, 3.63) is 23.7 Å². The molecule has 0 aromatic carbocycles. The van der Waals surface area contributed by atoms with E-state index in [2.05, 4.69) is 6.92 Å². The van der Waals surface area contributed by atoms with Gasteiger partial charge in [0.2, 0.25) is 0 Å². The van der Waals surface area contributed by atoms with Gasteiger partial charge in [0.1, 0.15) is 17.6 Å². The minimum Gasteiger partial charge on any atom is -0.463 e. The van der Waals surface area contributed by atoms with Crippen LogP contribution in [0.25, 0.3) is 0 Å². The minimum atomic E-state index is -0.555. The van der Waals surface area contributed by atoms with Crippen molar-refractivity contribution < 1.29 is 9.52 Å². The highest BCUT2D eigenvalue weighted by atomic mass is 16.4. The van der Waals surface area contributed by atoms with Gasteiger partial charge >= 0.3 is 0 Å². The van der Waals surface area contributed by atoms with Gasteiger partial charge in [-0.3, -0.25) is 0 Å². The second-order valence-electron chi connectivity index (χ2n) is 5.54. The molecule has 18 heavy (non-hydrogen) atoms. The van der Waals surface area contributed by atoms with Crippen LogP contribution < -0.4 is 5.73 Å². The zero-order valence-electron chi connectivity index (χ0n) is 11.3. The van der Waals surface area contributed by atoms with Crippen molar-refractivity contribution in [2.24, 2.45) is 11.1 Å². The highest BCUT2D eigenvalue weighted by Crippen LogP contribution is 2.44. The summed E-state index contributed by atoms with van der Waals surface area (Å²) in [5, 5.41) is 10.7. The van der Waals surface area contributed by atoms with Crippen LogP contribution in [0, 0.1) is 5.41 Å². The molecule has 3 heteroatoms. The summed E-state index contributed by atoms with van der Waals surface area (Å²) < 4.78 is 5.71. The minimum absolute atomic E-state index is 0.181. The smallest absolute Gasteiger partial charge is 0.133 e. The number of hydrogen-bond acceptors (Lipinski definition) is 3. The lowest BCUT2D eigenvalue weighted by Gasteiger charge is -2.35. The third kappa shape index (κ3) is 2.62. The Morgan fingerprint density at radius 3 is 2.44 bits per heavy atom. The zero-order valence-corrected chi connectivity index (χ0v) is 11.3. The summed E-state index contributed by atoms with van der Waals surface area (Å²) in [6.45, 7) is 2.59. The van der Waals surface area contributed by atoms with Crippen molar-refractivity contribution in [3.63, 3.8) is 0 Å². The fourth-order valence-electron chi connectivity index (χ4n) is 3.06. The van der Waals surface area contributed by atoms with E-state index < -0.39 is 6.10 Å². The third-order valence-corrected chi connectivity index (χ3v) is 4.39. The molecule has 1 aliphatic carbocycles. The number of aliphatic hydroxyl groups excluding tert-OH is 1. The van der Waals surface area contributed by atoms with Crippen molar-refractivity contribution in [3.8, 4) is 0 Å². The normalized spacial score (nSPS) is 21.5. The lowest BCUT2D eigenvalue weighted by Crippen LogP contribution is -2.36.